The second-order valence-electron chi connectivity index (χ2n) is 6.59. The maximum atomic E-state index is 12.7. The highest BCUT2D eigenvalue weighted by atomic mass is 32.2. The Labute approximate surface area is 183 Å². The maximum absolute atomic E-state index is 12.7. The van der Waals surface area contributed by atoms with Crippen LogP contribution in [0.3, 0.4) is 0 Å². The van der Waals surface area contributed by atoms with E-state index in [1.165, 1.54) is 55.1 Å². The minimum atomic E-state index is -3.50. The van der Waals surface area contributed by atoms with Crippen LogP contribution in [0.5, 0.6) is 5.75 Å². The zero-order valence-corrected chi connectivity index (χ0v) is 18.2. The molecule has 13 heteroatoms. The van der Waals surface area contributed by atoms with Gasteiger partial charge in [-0.15, -0.1) is 5.10 Å². The van der Waals surface area contributed by atoms with Gasteiger partial charge < -0.3 is 10.1 Å². The number of anilines is 2. The first-order valence-electron chi connectivity index (χ1n) is 9.32. The summed E-state index contributed by atoms with van der Waals surface area (Å²) in [6.07, 6.45) is 0. The van der Waals surface area contributed by atoms with E-state index in [1.54, 1.807) is 13.0 Å². The van der Waals surface area contributed by atoms with Crippen LogP contribution in [-0.2, 0) is 10.0 Å². The summed E-state index contributed by atoms with van der Waals surface area (Å²) in [7, 11) is -2.13. The molecule has 0 aliphatic carbocycles. The molecule has 0 fully saturated rings. The van der Waals surface area contributed by atoms with Gasteiger partial charge in [0.05, 0.1) is 34.9 Å². The molecule has 2 N–H and O–H groups in total. The molecule has 3 aromatic rings. The molecule has 0 bridgehead atoms. The Balaban J connectivity index is 1.84. The van der Waals surface area contributed by atoms with E-state index in [9.17, 15) is 23.3 Å². The average Bonchev–Trinajstić information content (AvgIpc) is 3.16. The number of carbonyl (C=O) groups is 1. The van der Waals surface area contributed by atoms with Gasteiger partial charge in [-0.1, -0.05) is 11.3 Å². The quantitative estimate of drug-likeness (QED) is 0.383. The third kappa shape index (κ3) is 4.83. The number of hydrogen-bond donors (Lipinski definition) is 2. The number of sulfonamides is 1. The molecule has 0 unspecified atom stereocenters. The van der Waals surface area contributed by atoms with Crippen LogP contribution >= 0.6 is 0 Å². The molecule has 0 atom stereocenters. The number of amides is 1. The minimum Gasteiger partial charge on any atom is -0.494 e. The van der Waals surface area contributed by atoms with E-state index >= 15 is 0 Å². The summed E-state index contributed by atoms with van der Waals surface area (Å²) in [6.45, 7) is 3.11. The molecule has 12 nitrogen and oxygen atoms in total. The second kappa shape index (κ2) is 9.01. The number of nitrogens with one attached hydrogen (secondary N) is 2. The van der Waals surface area contributed by atoms with E-state index in [1.807, 2.05) is 0 Å². The van der Waals surface area contributed by atoms with Gasteiger partial charge in [0.25, 0.3) is 11.6 Å². The number of nitro benzene ring substituents is 1. The molecule has 0 aliphatic heterocycles. The molecule has 1 aromatic heterocycles. The topological polar surface area (TPSA) is 158 Å². The van der Waals surface area contributed by atoms with Gasteiger partial charge in [0, 0.05) is 23.9 Å². The smallest absolute Gasteiger partial charge is 0.278 e. The van der Waals surface area contributed by atoms with E-state index in [4.69, 9.17) is 4.74 Å². The number of nitrogens with zero attached hydrogens (tertiary/aromatic N) is 4. The zero-order valence-electron chi connectivity index (χ0n) is 17.4. The van der Waals surface area contributed by atoms with Crippen LogP contribution in [0.4, 0.5) is 17.1 Å². The van der Waals surface area contributed by atoms with Crippen molar-refractivity contribution in [2.45, 2.75) is 13.8 Å². The number of carbonyl (C=O) groups excluding carboxylic acids is 1. The van der Waals surface area contributed by atoms with E-state index in [0.29, 0.717) is 17.1 Å². The average molecular weight is 460 g/mol. The van der Waals surface area contributed by atoms with Crippen LogP contribution < -0.4 is 14.8 Å². The van der Waals surface area contributed by atoms with Crippen LogP contribution in [0, 0.1) is 17.0 Å². The number of nitro groups is 1. The first-order chi connectivity index (χ1) is 15.1. The van der Waals surface area contributed by atoms with Gasteiger partial charge in [-0.05, 0) is 32.0 Å². The summed E-state index contributed by atoms with van der Waals surface area (Å²) in [5, 5.41) is 21.5. The van der Waals surface area contributed by atoms with Crippen molar-refractivity contribution >= 4 is 33.0 Å². The van der Waals surface area contributed by atoms with Crippen LogP contribution in [0.1, 0.15) is 23.1 Å². The van der Waals surface area contributed by atoms with Gasteiger partial charge in [-0.3, -0.25) is 19.6 Å². The number of hydrogen-bond acceptors (Lipinski definition) is 8. The molecule has 0 aliphatic rings. The lowest BCUT2D eigenvalue weighted by Gasteiger charge is -2.13. The van der Waals surface area contributed by atoms with Gasteiger partial charge in [-0.2, -0.15) is 0 Å². The molecule has 2 aromatic carbocycles. The van der Waals surface area contributed by atoms with Crippen molar-refractivity contribution in [1.82, 2.24) is 15.0 Å². The van der Waals surface area contributed by atoms with E-state index in [-0.39, 0.29) is 28.6 Å². The fraction of sp³-hybridized carbons (Fsp3) is 0.211. The fourth-order valence-electron chi connectivity index (χ4n) is 2.81. The van der Waals surface area contributed by atoms with Crippen molar-refractivity contribution in [2.24, 2.45) is 0 Å². The monoisotopic (exact) mass is 460 g/mol. The number of aromatic nitrogens is 3. The third-order valence-electron chi connectivity index (χ3n) is 4.50. The highest BCUT2D eigenvalue weighted by Crippen LogP contribution is 2.29. The summed E-state index contributed by atoms with van der Waals surface area (Å²) < 4.78 is 32.6. The van der Waals surface area contributed by atoms with Crippen LogP contribution in [0.25, 0.3) is 5.69 Å². The number of benzene rings is 2. The van der Waals surface area contributed by atoms with Gasteiger partial charge in [0.2, 0.25) is 10.0 Å². The van der Waals surface area contributed by atoms with Crippen LogP contribution in [0.15, 0.2) is 42.5 Å². The van der Waals surface area contributed by atoms with Crippen molar-refractivity contribution in [3.8, 4) is 11.4 Å². The standard InChI is InChI=1S/C19H20N6O6S/c1-4-32(29,30)22-16-9-8-13(10-17(16)31-3)20-19(26)18-12(2)24(23-21-18)14-6-5-7-15(11-14)25(27)28/h5-11,22H,4H2,1-3H3,(H,20,26). The Hall–Kier alpha value is -4.00. The van der Waals surface area contributed by atoms with Gasteiger partial charge in [0.15, 0.2) is 5.69 Å². The van der Waals surface area contributed by atoms with E-state index in [2.05, 4.69) is 20.4 Å². The van der Waals surface area contributed by atoms with Gasteiger partial charge in [0.1, 0.15) is 5.75 Å². The van der Waals surface area contributed by atoms with Crippen molar-refractivity contribution in [3.63, 3.8) is 0 Å². The summed E-state index contributed by atoms with van der Waals surface area (Å²) in [5.41, 5.74) is 1.25. The summed E-state index contributed by atoms with van der Waals surface area (Å²) >= 11 is 0. The number of methoxy groups -OCH3 is 1. The van der Waals surface area contributed by atoms with Crippen molar-refractivity contribution in [1.29, 1.82) is 0 Å². The Morgan fingerprint density at radius 3 is 2.66 bits per heavy atom. The number of ether oxygens (including phenoxy) is 1. The molecular formula is C19H20N6O6S. The molecule has 0 radical (unpaired) electrons. The van der Waals surface area contributed by atoms with E-state index < -0.39 is 20.9 Å². The minimum absolute atomic E-state index is 0.0197. The Morgan fingerprint density at radius 1 is 1.25 bits per heavy atom. The van der Waals surface area contributed by atoms with Crippen molar-refractivity contribution < 1.29 is 22.9 Å². The molecular weight excluding hydrogens is 440 g/mol. The Kier molecular flexibility index (Phi) is 6.39. The largest absolute Gasteiger partial charge is 0.494 e. The molecule has 1 amide bonds. The van der Waals surface area contributed by atoms with E-state index in [0.717, 1.165) is 0 Å². The highest BCUT2D eigenvalue weighted by Gasteiger charge is 2.19. The van der Waals surface area contributed by atoms with Crippen molar-refractivity contribution in [2.75, 3.05) is 22.9 Å². The molecule has 0 spiro atoms. The molecule has 3 rings (SSSR count). The molecule has 1 heterocycles. The summed E-state index contributed by atoms with van der Waals surface area (Å²) in [5.74, 6) is -0.450. The Bertz CT molecular complexity index is 1290. The zero-order chi connectivity index (χ0) is 23.5. The highest BCUT2D eigenvalue weighted by molar-refractivity contribution is 7.92. The lowest BCUT2D eigenvalue weighted by molar-refractivity contribution is -0.384. The lowest BCUT2D eigenvalue weighted by Crippen LogP contribution is -2.16. The predicted molar refractivity (Wildman–Crippen MR) is 117 cm³/mol. The number of non-ortho nitro benzene ring substituents is 1. The second-order valence-corrected chi connectivity index (χ2v) is 8.60. The molecule has 168 valence electrons. The first kappa shape index (κ1) is 22.7. The molecule has 0 saturated heterocycles. The van der Waals surface area contributed by atoms with Crippen LogP contribution in [0.2, 0.25) is 0 Å². The number of rotatable bonds is 8. The first-order valence-corrected chi connectivity index (χ1v) is 11.0. The summed E-state index contributed by atoms with van der Waals surface area (Å²) in [4.78, 5) is 23.2. The predicted octanol–water partition coefficient (Wildman–Crippen LogP) is 2.51. The SMILES string of the molecule is CCS(=O)(=O)Nc1ccc(NC(=O)c2nnn(-c3cccc([N+](=O)[O-])c3)c2C)cc1OC. The van der Waals surface area contributed by atoms with Gasteiger partial charge in [-0.25, -0.2) is 13.1 Å². The molecule has 32 heavy (non-hydrogen) atoms. The third-order valence-corrected chi connectivity index (χ3v) is 5.79. The Morgan fingerprint density at radius 2 is 2.00 bits per heavy atom. The molecule has 0 saturated carbocycles. The lowest BCUT2D eigenvalue weighted by atomic mass is 10.2. The maximum Gasteiger partial charge on any atom is 0.278 e. The van der Waals surface area contributed by atoms with Crippen LogP contribution in [-0.4, -0.2) is 47.1 Å². The fourth-order valence-corrected chi connectivity index (χ4v) is 3.45. The normalized spacial score (nSPS) is 11.1. The van der Waals surface area contributed by atoms with Crippen molar-refractivity contribution in [3.05, 3.63) is 64.0 Å². The van der Waals surface area contributed by atoms with Gasteiger partial charge >= 0.3 is 0 Å². The summed E-state index contributed by atoms with van der Waals surface area (Å²) in [6, 6.07) is 10.2.